The first-order valence-corrected chi connectivity index (χ1v) is 12.7. The molecule has 1 saturated heterocycles. The standard InChI is InChI=1S/C26H35N5O2/c1-16(25(33)30-6-5-20(27)13-30)21-14-31-22(3-2-4-23(31)29-21)24(32)28-15-26-10-17-7-18(11-26)9-19(8-17)12-26/h2-4,14,16-20H,5-13,15,27H2,1H3,(H,28,32)/t16?,17?,18?,19?,20-,26?/m1/s1. The Hall–Kier alpha value is -2.41. The van der Waals surface area contributed by atoms with Crippen LogP contribution < -0.4 is 11.1 Å². The summed E-state index contributed by atoms with van der Waals surface area (Å²) >= 11 is 0. The van der Waals surface area contributed by atoms with Gasteiger partial charge in [0.15, 0.2) is 0 Å². The van der Waals surface area contributed by atoms with Gasteiger partial charge >= 0.3 is 0 Å². The second-order valence-corrected chi connectivity index (χ2v) is 11.5. The molecule has 1 aliphatic heterocycles. The zero-order chi connectivity index (χ0) is 22.7. The third-order valence-electron chi connectivity index (χ3n) is 8.88. The smallest absolute Gasteiger partial charge is 0.268 e. The van der Waals surface area contributed by atoms with Gasteiger partial charge in [0.1, 0.15) is 11.3 Å². The van der Waals surface area contributed by atoms with Gasteiger partial charge in [-0.25, -0.2) is 4.98 Å². The van der Waals surface area contributed by atoms with Crippen LogP contribution in [0.4, 0.5) is 0 Å². The third kappa shape index (κ3) is 3.74. The molecule has 2 atom stereocenters. The minimum Gasteiger partial charge on any atom is -0.350 e. The summed E-state index contributed by atoms with van der Waals surface area (Å²) < 4.78 is 1.84. The molecule has 2 amide bonds. The molecule has 7 nitrogen and oxygen atoms in total. The molecule has 0 aromatic carbocycles. The summed E-state index contributed by atoms with van der Waals surface area (Å²) in [6.45, 7) is 3.97. The van der Waals surface area contributed by atoms with Gasteiger partial charge in [-0.15, -0.1) is 0 Å². The number of hydrogen-bond donors (Lipinski definition) is 2. The van der Waals surface area contributed by atoms with E-state index in [1.165, 1.54) is 38.5 Å². The molecule has 4 aliphatic carbocycles. The molecule has 7 heteroatoms. The molecule has 2 aromatic heterocycles. The number of nitrogens with zero attached hydrogens (tertiary/aromatic N) is 3. The largest absolute Gasteiger partial charge is 0.350 e. The molecule has 33 heavy (non-hydrogen) atoms. The Balaban J connectivity index is 1.18. The van der Waals surface area contributed by atoms with Gasteiger partial charge < -0.3 is 16.0 Å². The SMILES string of the molecule is CC(C(=O)N1CC[C@@H](N)C1)c1cn2c(C(=O)NCC34CC5CC(CC(C5)C3)C4)cccc2n1. The first kappa shape index (κ1) is 21.1. The molecular formula is C26H35N5O2. The first-order chi connectivity index (χ1) is 15.9. The second-order valence-electron chi connectivity index (χ2n) is 11.5. The highest BCUT2D eigenvalue weighted by atomic mass is 16.2. The number of nitrogens with two attached hydrogens (primary N) is 1. The summed E-state index contributed by atoms with van der Waals surface area (Å²) in [5.41, 5.74) is 8.26. The monoisotopic (exact) mass is 449 g/mol. The van der Waals surface area contributed by atoms with Gasteiger partial charge in [0.05, 0.1) is 11.6 Å². The number of imidazole rings is 1. The van der Waals surface area contributed by atoms with E-state index in [0.717, 1.165) is 30.7 Å². The van der Waals surface area contributed by atoms with Crippen molar-refractivity contribution in [2.75, 3.05) is 19.6 Å². The number of nitrogens with one attached hydrogen (secondary N) is 1. The van der Waals surface area contributed by atoms with Crippen molar-refractivity contribution >= 4 is 17.5 Å². The average molecular weight is 450 g/mol. The van der Waals surface area contributed by atoms with Crippen LogP contribution in [0.1, 0.15) is 74.0 Å². The number of hydrogen-bond acceptors (Lipinski definition) is 4. The number of carbonyl (C=O) groups is 2. The Morgan fingerprint density at radius 2 is 1.88 bits per heavy atom. The topological polar surface area (TPSA) is 92.7 Å². The van der Waals surface area contributed by atoms with E-state index in [0.29, 0.717) is 35.5 Å². The molecule has 5 aliphatic rings. The summed E-state index contributed by atoms with van der Waals surface area (Å²) in [4.78, 5) is 32.7. The number of rotatable bonds is 5. The molecule has 7 rings (SSSR count). The average Bonchev–Trinajstić information content (AvgIpc) is 3.41. The highest BCUT2D eigenvalue weighted by Crippen LogP contribution is 2.59. The maximum Gasteiger partial charge on any atom is 0.268 e. The van der Waals surface area contributed by atoms with Crippen LogP contribution in [0, 0.1) is 23.2 Å². The van der Waals surface area contributed by atoms with E-state index in [9.17, 15) is 9.59 Å². The predicted octanol–water partition coefficient (Wildman–Crippen LogP) is 2.94. The summed E-state index contributed by atoms with van der Waals surface area (Å²) in [6, 6.07) is 5.67. The predicted molar refractivity (Wildman–Crippen MR) is 126 cm³/mol. The van der Waals surface area contributed by atoms with Crippen LogP contribution in [-0.4, -0.2) is 51.8 Å². The van der Waals surface area contributed by atoms with Gasteiger partial charge in [-0.2, -0.15) is 0 Å². The van der Waals surface area contributed by atoms with Crippen molar-refractivity contribution in [3.05, 3.63) is 35.8 Å². The molecule has 1 unspecified atom stereocenters. The van der Waals surface area contributed by atoms with Gasteiger partial charge in [0.2, 0.25) is 5.91 Å². The highest BCUT2D eigenvalue weighted by molar-refractivity contribution is 5.93. The van der Waals surface area contributed by atoms with Gasteiger partial charge in [-0.05, 0) is 87.2 Å². The van der Waals surface area contributed by atoms with Crippen LogP contribution in [0.15, 0.2) is 24.4 Å². The summed E-state index contributed by atoms with van der Waals surface area (Å²) in [7, 11) is 0. The van der Waals surface area contributed by atoms with Crippen LogP contribution in [0.5, 0.6) is 0 Å². The van der Waals surface area contributed by atoms with Crippen molar-refractivity contribution < 1.29 is 9.59 Å². The molecule has 4 bridgehead atoms. The second kappa shape index (κ2) is 7.83. The lowest BCUT2D eigenvalue weighted by molar-refractivity contribution is -0.131. The van der Waals surface area contributed by atoms with E-state index in [-0.39, 0.29) is 23.8 Å². The van der Waals surface area contributed by atoms with Crippen LogP contribution in [0.25, 0.3) is 5.65 Å². The number of fused-ring (bicyclic) bond motifs is 1. The molecule has 3 heterocycles. The van der Waals surface area contributed by atoms with Crippen LogP contribution in [0.3, 0.4) is 0 Å². The Morgan fingerprint density at radius 1 is 1.18 bits per heavy atom. The first-order valence-electron chi connectivity index (χ1n) is 12.7. The van der Waals surface area contributed by atoms with Gasteiger partial charge in [0, 0.05) is 31.9 Å². The lowest BCUT2D eigenvalue weighted by atomic mass is 9.49. The molecule has 0 spiro atoms. The van der Waals surface area contributed by atoms with Crippen LogP contribution in [-0.2, 0) is 4.79 Å². The van der Waals surface area contributed by atoms with Crippen molar-refractivity contribution in [3.63, 3.8) is 0 Å². The Morgan fingerprint density at radius 3 is 2.52 bits per heavy atom. The molecule has 2 aromatic rings. The van der Waals surface area contributed by atoms with Gasteiger partial charge in [-0.3, -0.25) is 14.0 Å². The summed E-state index contributed by atoms with van der Waals surface area (Å²) in [5.74, 6) is 2.26. The lowest BCUT2D eigenvalue weighted by Crippen LogP contribution is -2.51. The lowest BCUT2D eigenvalue weighted by Gasteiger charge is -2.56. The third-order valence-corrected chi connectivity index (χ3v) is 8.88. The highest BCUT2D eigenvalue weighted by Gasteiger charge is 2.50. The van der Waals surface area contributed by atoms with Crippen molar-refractivity contribution in [1.82, 2.24) is 19.6 Å². The Labute approximate surface area is 195 Å². The van der Waals surface area contributed by atoms with E-state index in [1.807, 2.05) is 40.6 Å². The molecule has 176 valence electrons. The van der Waals surface area contributed by atoms with Crippen molar-refractivity contribution in [2.45, 2.75) is 63.8 Å². The van der Waals surface area contributed by atoms with Gasteiger partial charge in [-0.1, -0.05) is 6.07 Å². The zero-order valence-corrected chi connectivity index (χ0v) is 19.5. The Kier molecular flexibility index (Phi) is 5.02. The molecule has 5 fully saturated rings. The fourth-order valence-electron chi connectivity index (χ4n) is 7.68. The number of amides is 2. The molecule has 0 radical (unpaired) electrons. The van der Waals surface area contributed by atoms with E-state index in [4.69, 9.17) is 5.73 Å². The number of carbonyl (C=O) groups excluding carboxylic acids is 2. The number of pyridine rings is 1. The van der Waals surface area contributed by atoms with Crippen molar-refractivity contribution in [3.8, 4) is 0 Å². The molecule has 4 saturated carbocycles. The van der Waals surface area contributed by atoms with Crippen molar-refractivity contribution in [1.29, 1.82) is 0 Å². The van der Waals surface area contributed by atoms with E-state index in [1.54, 1.807) is 0 Å². The molecular weight excluding hydrogens is 414 g/mol. The Bertz CT molecular complexity index is 1060. The number of likely N-dealkylation sites (tertiary alicyclic amines) is 1. The van der Waals surface area contributed by atoms with Crippen molar-refractivity contribution in [2.24, 2.45) is 28.9 Å². The summed E-state index contributed by atoms with van der Waals surface area (Å²) in [5, 5.41) is 3.28. The van der Waals surface area contributed by atoms with Crippen LogP contribution >= 0.6 is 0 Å². The van der Waals surface area contributed by atoms with Crippen LogP contribution in [0.2, 0.25) is 0 Å². The fraction of sp³-hybridized carbons (Fsp3) is 0.654. The van der Waals surface area contributed by atoms with E-state index in [2.05, 4.69) is 10.3 Å². The van der Waals surface area contributed by atoms with Gasteiger partial charge in [0.25, 0.3) is 5.91 Å². The maximum atomic E-state index is 13.3. The maximum absolute atomic E-state index is 13.3. The molecule has 3 N–H and O–H groups in total. The van der Waals surface area contributed by atoms with E-state index >= 15 is 0 Å². The van der Waals surface area contributed by atoms with E-state index < -0.39 is 0 Å². The number of aromatic nitrogens is 2. The fourth-order valence-corrected chi connectivity index (χ4v) is 7.68. The normalized spacial score (nSPS) is 33.6. The quantitative estimate of drug-likeness (QED) is 0.734. The summed E-state index contributed by atoms with van der Waals surface area (Å²) in [6.07, 6.45) is 10.8. The minimum absolute atomic E-state index is 0.0511. The zero-order valence-electron chi connectivity index (χ0n) is 19.5. The minimum atomic E-state index is -0.363.